The summed E-state index contributed by atoms with van der Waals surface area (Å²) in [5, 5.41) is 3.62. The minimum Gasteiger partial charge on any atom is -0.314 e. The summed E-state index contributed by atoms with van der Waals surface area (Å²) in [6, 6.07) is 0.526. The molecule has 0 bridgehead atoms. The van der Waals surface area contributed by atoms with Crippen molar-refractivity contribution in [3.05, 3.63) is 16.6 Å². The van der Waals surface area contributed by atoms with Crippen LogP contribution in [0.15, 0.2) is 11.7 Å². The quantitative estimate of drug-likeness (QED) is 0.891. The van der Waals surface area contributed by atoms with Crippen molar-refractivity contribution in [1.29, 1.82) is 0 Å². The zero-order chi connectivity index (χ0) is 12.4. The fourth-order valence-corrected chi connectivity index (χ4v) is 4.41. The highest BCUT2D eigenvalue weighted by molar-refractivity contribution is 7.09. The number of aromatic nitrogens is 1. The molecular weight excluding hydrogens is 242 g/mol. The van der Waals surface area contributed by atoms with Gasteiger partial charge in [-0.2, -0.15) is 0 Å². The van der Waals surface area contributed by atoms with Gasteiger partial charge in [-0.25, -0.2) is 0 Å². The lowest BCUT2D eigenvalue weighted by Crippen LogP contribution is -2.62. The Bertz CT molecular complexity index is 362. The SMILES string of the molecule is CC(c1cncs1)N1CCNCC12CCCCC2. The molecule has 3 rings (SSSR count). The van der Waals surface area contributed by atoms with Crippen LogP contribution in [-0.2, 0) is 0 Å². The minimum absolute atomic E-state index is 0.417. The van der Waals surface area contributed by atoms with E-state index >= 15 is 0 Å². The highest BCUT2D eigenvalue weighted by Crippen LogP contribution is 2.40. The molecule has 1 spiro atoms. The molecule has 1 saturated heterocycles. The molecule has 1 aliphatic carbocycles. The van der Waals surface area contributed by atoms with Crippen LogP contribution in [0.2, 0.25) is 0 Å². The van der Waals surface area contributed by atoms with Gasteiger partial charge in [-0.15, -0.1) is 11.3 Å². The molecule has 4 heteroatoms. The van der Waals surface area contributed by atoms with E-state index in [1.165, 1.54) is 50.1 Å². The second-order valence-corrected chi connectivity index (χ2v) is 6.65. The van der Waals surface area contributed by atoms with Gasteiger partial charge in [0.05, 0.1) is 5.51 Å². The minimum atomic E-state index is 0.417. The maximum Gasteiger partial charge on any atom is 0.0794 e. The molecule has 1 saturated carbocycles. The van der Waals surface area contributed by atoms with Crippen molar-refractivity contribution in [2.24, 2.45) is 0 Å². The summed E-state index contributed by atoms with van der Waals surface area (Å²) in [4.78, 5) is 8.43. The summed E-state index contributed by atoms with van der Waals surface area (Å²) in [7, 11) is 0. The maximum atomic E-state index is 4.25. The van der Waals surface area contributed by atoms with Crippen LogP contribution >= 0.6 is 11.3 Å². The number of rotatable bonds is 2. The standard InChI is InChI=1S/C14H23N3S/c1-12(13-9-16-11-18-13)17-8-7-15-10-14(17)5-3-2-4-6-14/h9,11-12,15H,2-8,10H2,1H3. The van der Waals surface area contributed by atoms with E-state index in [1.807, 2.05) is 11.7 Å². The summed E-state index contributed by atoms with van der Waals surface area (Å²) in [6.45, 7) is 5.84. The first-order valence-corrected chi connectivity index (χ1v) is 8.06. The van der Waals surface area contributed by atoms with Gasteiger partial charge < -0.3 is 5.32 Å². The Balaban J connectivity index is 1.83. The summed E-state index contributed by atoms with van der Waals surface area (Å²) in [5.41, 5.74) is 2.38. The Morgan fingerprint density at radius 2 is 2.22 bits per heavy atom. The van der Waals surface area contributed by atoms with Crippen LogP contribution in [0.25, 0.3) is 0 Å². The van der Waals surface area contributed by atoms with Crippen molar-refractivity contribution in [3.8, 4) is 0 Å². The zero-order valence-electron chi connectivity index (χ0n) is 11.2. The highest BCUT2D eigenvalue weighted by atomic mass is 32.1. The monoisotopic (exact) mass is 265 g/mol. The molecule has 2 aliphatic rings. The van der Waals surface area contributed by atoms with E-state index in [0.717, 1.165) is 6.54 Å². The average molecular weight is 265 g/mol. The number of thiazole rings is 1. The summed E-state index contributed by atoms with van der Waals surface area (Å²) >= 11 is 1.80. The predicted molar refractivity (Wildman–Crippen MR) is 75.9 cm³/mol. The van der Waals surface area contributed by atoms with Crippen LogP contribution < -0.4 is 5.32 Å². The highest BCUT2D eigenvalue weighted by Gasteiger charge is 2.42. The smallest absolute Gasteiger partial charge is 0.0794 e. The van der Waals surface area contributed by atoms with Crippen LogP contribution in [-0.4, -0.2) is 35.1 Å². The molecule has 2 heterocycles. The summed E-state index contributed by atoms with van der Waals surface area (Å²) in [6.07, 6.45) is 8.99. The van der Waals surface area contributed by atoms with Crippen molar-refractivity contribution in [2.75, 3.05) is 19.6 Å². The fourth-order valence-electron chi connectivity index (χ4n) is 3.72. The average Bonchev–Trinajstić information content (AvgIpc) is 2.93. The Kier molecular flexibility index (Phi) is 3.68. The third-order valence-corrected chi connectivity index (χ3v) is 5.65. The van der Waals surface area contributed by atoms with Gasteiger partial charge in [0.2, 0.25) is 0 Å². The Morgan fingerprint density at radius 1 is 1.39 bits per heavy atom. The van der Waals surface area contributed by atoms with E-state index in [0.29, 0.717) is 11.6 Å². The number of nitrogens with zero attached hydrogens (tertiary/aromatic N) is 2. The van der Waals surface area contributed by atoms with E-state index in [1.54, 1.807) is 11.3 Å². The summed E-state index contributed by atoms with van der Waals surface area (Å²) in [5.74, 6) is 0. The van der Waals surface area contributed by atoms with Crippen molar-refractivity contribution >= 4 is 11.3 Å². The number of piperazine rings is 1. The van der Waals surface area contributed by atoms with E-state index in [4.69, 9.17) is 0 Å². The second kappa shape index (κ2) is 5.27. The first kappa shape index (κ1) is 12.6. The van der Waals surface area contributed by atoms with Gasteiger partial charge in [-0.05, 0) is 19.8 Å². The maximum absolute atomic E-state index is 4.25. The van der Waals surface area contributed by atoms with Crippen molar-refractivity contribution in [3.63, 3.8) is 0 Å². The molecule has 100 valence electrons. The largest absolute Gasteiger partial charge is 0.314 e. The topological polar surface area (TPSA) is 28.2 Å². The van der Waals surface area contributed by atoms with Gasteiger partial charge in [0, 0.05) is 42.3 Å². The third kappa shape index (κ3) is 2.22. The molecule has 1 atom stereocenters. The third-order valence-electron chi connectivity index (χ3n) is 4.71. The normalized spacial score (nSPS) is 26.3. The van der Waals surface area contributed by atoms with Crippen LogP contribution in [0.5, 0.6) is 0 Å². The lowest BCUT2D eigenvalue weighted by Gasteiger charge is -2.52. The van der Waals surface area contributed by atoms with Crippen LogP contribution in [0.3, 0.4) is 0 Å². The van der Waals surface area contributed by atoms with Gasteiger partial charge >= 0.3 is 0 Å². The van der Waals surface area contributed by atoms with Gasteiger partial charge in [-0.1, -0.05) is 19.3 Å². The first-order chi connectivity index (χ1) is 8.82. The molecule has 0 radical (unpaired) electrons. The van der Waals surface area contributed by atoms with Gasteiger partial charge in [-0.3, -0.25) is 9.88 Å². The molecule has 0 amide bonds. The predicted octanol–water partition coefficient (Wildman–Crippen LogP) is 2.81. The molecular formula is C14H23N3S. The molecule has 3 nitrogen and oxygen atoms in total. The van der Waals surface area contributed by atoms with Crippen LogP contribution in [0, 0.1) is 0 Å². The zero-order valence-corrected chi connectivity index (χ0v) is 12.0. The molecule has 2 fully saturated rings. The Labute approximate surface area is 114 Å². The van der Waals surface area contributed by atoms with Crippen molar-refractivity contribution < 1.29 is 0 Å². The van der Waals surface area contributed by atoms with E-state index in [9.17, 15) is 0 Å². The molecule has 1 aliphatic heterocycles. The lowest BCUT2D eigenvalue weighted by molar-refractivity contribution is -0.00180. The van der Waals surface area contributed by atoms with Gasteiger partial charge in [0.1, 0.15) is 0 Å². The van der Waals surface area contributed by atoms with Gasteiger partial charge in [0.25, 0.3) is 0 Å². The van der Waals surface area contributed by atoms with Crippen molar-refractivity contribution in [1.82, 2.24) is 15.2 Å². The molecule has 1 N–H and O–H groups in total. The lowest BCUT2D eigenvalue weighted by atomic mass is 9.78. The molecule has 1 aromatic rings. The molecule has 0 aromatic carbocycles. The van der Waals surface area contributed by atoms with E-state index in [-0.39, 0.29) is 0 Å². The number of hydrogen-bond donors (Lipinski definition) is 1. The van der Waals surface area contributed by atoms with Crippen LogP contribution in [0.4, 0.5) is 0 Å². The summed E-state index contributed by atoms with van der Waals surface area (Å²) < 4.78 is 0. The van der Waals surface area contributed by atoms with Gasteiger partial charge in [0.15, 0.2) is 0 Å². The second-order valence-electron chi connectivity index (χ2n) is 5.73. The van der Waals surface area contributed by atoms with Crippen molar-refractivity contribution in [2.45, 2.75) is 50.6 Å². The molecule has 18 heavy (non-hydrogen) atoms. The fraction of sp³-hybridized carbons (Fsp3) is 0.786. The molecule has 1 unspecified atom stereocenters. The van der Waals surface area contributed by atoms with Crippen LogP contribution in [0.1, 0.15) is 49.9 Å². The first-order valence-electron chi connectivity index (χ1n) is 7.18. The number of nitrogens with one attached hydrogen (secondary N) is 1. The Morgan fingerprint density at radius 3 is 2.94 bits per heavy atom. The van der Waals surface area contributed by atoms with E-state index in [2.05, 4.69) is 22.1 Å². The number of hydrogen-bond acceptors (Lipinski definition) is 4. The Hall–Kier alpha value is -0.450. The van der Waals surface area contributed by atoms with E-state index < -0.39 is 0 Å². The molecule has 1 aromatic heterocycles.